The van der Waals surface area contributed by atoms with Crippen molar-refractivity contribution in [2.75, 3.05) is 12.4 Å². The molecule has 0 radical (unpaired) electrons. The highest BCUT2D eigenvalue weighted by molar-refractivity contribution is 7.98. The number of halogens is 1. The topological polar surface area (TPSA) is 37.8 Å². The van der Waals surface area contributed by atoms with Gasteiger partial charge in [0, 0.05) is 18.5 Å². The summed E-state index contributed by atoms with van der Waals surface area (Å²) in [5.74, 6) is 1.54. The minimum Gasteiger partial charge on any atom is -0.373 e. The third-order valence-electron chi connectivity index (χ3n) is 2.61. The minimum absolute atomic E-state index is 0.691. The van der Waals surface area contributed by atoms with Gasteiger partial charge in [0.05, 0.1) is 15.7 Å². The van der Waals surface area contributed by atoms with Crippen molar-refractivity contribution in [3.63, 3.8) is 0 Å². The molecule has 0 bridgehead atoms. The Morgan fingerprint density at radius 2 is 2.00 bits per heavy atom. The van der Waals surface area contributed by atoms with E-state index < -0.39 is 0 Å². The first-order valence-corrected chi connectivity index (χ1v) is 7.36. The molecule has 0 atom stereocenters. The van der Waals surface area contributed by atoms with Crippen LogP contribution in [0.5, 0.6) is 0 Å². The number of aromatic nitrogens is 2. The summed E-state index contributed by atoms with van der Waals surface area (Å²) in [4.78, 5) is 8.96. The molecule has 2 heterocycles. The van der Waals surface area contributed by atoms with Gasteiger partial charge in [-0.25, -0.2) is 9.97 Å². The predicted molar refractivity (Wildman–Crippen MR) is 82.1 cm³/mol. The lowest BCUT2D eigenvalue weighted by molar-refractivity contribution is 1.04. The molecular weight excluding hydrogens is 278 g/mol. The van der Waals surface area contributed by atoms with Gasteiger partial charge in [-0.15, -0.1) is 0 Å². The first-order chi connectivity index (χ1) is 9.08. The monoisotopic (exact) mass is 293 g/mol. The van der Waals surface area contributed by atoms with E-state index in [0.29, 0.717) is 10.8 Å². The lowest BCUT2D eigenvalue weighted by Gasteiger charge is -2.07. The van der Waals surface area contributed by atoms with E-state index in [2.05, 4.69) is 34.3 Å². The fraction of sp³-hybridized carbons (Fsp3) is 0.286. The van der Waals surface area contributed by atoms with E-state index in [9.17, 15) is 0 Å². The molecule has 2 aromatic heterocycles. The van der Waals surface area contributed by atoms with E-state index in [-0.39, 0.29) is 0 Å². The molecular formula is C14H16ClN3S. The Hall–Kier alpha value is -1.26. The lowest BCUT2D eigenvalue weighted by Crippen LogP contribution is -1.96. The van der Waals surface area contributed by atoms with Crippen molar-refractivity contribution >= 4 is 29.2 Å². The average Bonchev–Trinajstić information content (AvgIpc) is 2.37. The molecule has 5 heteroatoms. The summed E-state index contributed by atoms with van der Waals surface area (Å²) in [6, 6.07) is 7.88. The first-order valence-electron chi connectivity index (χ1n) is 6.00. The maximum absolute atomic E-state index is 6.16. The molecule has 0 aliphatic carbocycles. The second-order valence-corrected chi connectivity index (χ2v) is 5.69. The van der Waals surface area contributed by atoms with Gasteiger partial charge in [0.15, 0.2) is 0 Å². The second kappa shape index (κ2) is 6.26. The standard InChI is InChI=1S/C14H16ClN3S/c1-9-6-10(2)17-14(7-9)19-8-12-11(15)4-5-13(16-3)18-12/h4-7H,8H2,1-3H3,(H,16,18). The molecule has 0 saturated carbocycles. The molecule has 3 nitrogen and oxygen atoms in total. The van der Waals surface area contributed by atoms with Crippen molar-refractivity contribution in [1.82, 2.24) is 9.97 Å². The van der Waals surface area contributed by atoms with E-state index in [1.54, 1.807) is 11.8 Å². The zero-order chi connectivity index (χ0) is 13.8. The molecule has 0 aliphatic heterocycles. The van der Waals surface area contributed by atoms with Crippen LogP contribution in [-0.4, -0.2) is 17.0 Å². The molecule has 0 aromatic carbocycles. The van der Waals surface area contributed by atoms with Crippen LogP contribution < -0.4 is 5.32 Å². The zero-order valence-electron chi connectivity index (χ0n) is 11.2. The van der Waals surface area contributed by atoms with Crippen molar-refractivity contribution in [2.24, 2.45) is 0 Å². The van der Waals surface area contributed by atoms with Crippen LogP contribution in [0, 0.1) is 13.8 Å². The number of thioether (sulfide) groups is 1. The van der Waals surface area contributed by atoms with Crippen molar-refractivity contribution in [2.45, 2.75) is 24.6 Å². The Kier molecular flexibility index (Phi) is 4.66. The number of hydrogen-bond donors (Lipinski definition) is 1. The van der Waals surface area contributed by atoms with Crippen molar-refractivity contribution < 1.29 is 0 Å². The van der Waals surface area contributed by atoms with Crippen LogP contribution in [-0.2, 0) is 5.75 Å². The second-order valence-electron chi connectivity index (χ2n) is 4.29. The van der Waals surface area contributed by atoms with E-state index in [4.69, 9.17) is 11.6 Å². The molecule has 0 amide bonds. The first kappa shape index (κ1) is 14.2. The number of aryl methyl sites for hydroxylation is 2. The van der Waals surface area contributed by atoms with Crippen LogP contribution in [0.1, 0.15) is 17.0 Å². The number of hydrogen-bond acceptors (Lipinski definition) is 4. The summed E-state index contributed by atoms with van der Waals surface area (Å²) in [6.07, 6.45) is 0. The molecule has 0 unspecified atom stereocenters. The van der Waals surface area contributed by atoms with Gasteiger partial charge in [-0.3, -0.25) is 0 Å². The quantitative estimate of drug-likeness (QED) is 0.862. The lowest BCUT2D eigenvalue weighted by atomic mass is 10.3. The number of nitrogens with zero attached hydrogens (tertiary/aromatic N) is 2. The van der Waals surface area contributed by atoms with Crippen molar-refractivity contribution in [3.8, 4) is 0 Å². The van der Waals surface area contributed by atoms with Crippen LogP contribution in [0.15, 0.2) is 29.3 Å². The van der Waals surface area contributed by atoms with E-state index >= 15 is 0 Å². The van der Waals surface area contributed by atoms with E-state index in [1.807, 2.05) is 26.1 Å². The number of nitrogens with one attached hydrogen (secondary N) is 1. The van der Waals surface area contributed by atoms with Crippen LogP contribution in [0.2, 0.25) is 5.02 Å². The van der Waals surface area contributed by atoms with Crippen LogP contribution in [0.25, 0.3) is 0 Å². The molecule has 19 heavy (non-hydrogen) atoms. The van der Waals surface area contributed by atoms with Gasteiger partial charge in [-0.2, -0.15) is 0 Å². The summed E-state index contributed by atoms with van der Waals surface area (Å²) in [5, 5.41) is 4.71. The third kappa shape index (κ3) is 3.85. The van der Waals surface area contributed by atoms with Gasteiger partial charge in [-0.05, 0) is 43.7 Å². The maximum Gasteiger partial charge on any atom is 0.126 e. The van der Waals surface area contributed by atoms with Gasteiger partial charge >= 0.3 is 0 Å². The summed E-state index contributed by atoms with van der Waals surface area (Å²) >= 11 is 7.81. The van der Waals surface area contributed by atoms with Gasteiger partial charge in [0.25, 0.3) is 0 Å². The van der Waals surface area contributed by atoms with Gasteiger partial charge in [0.1, 0.15) is 5.82 Å². The normalized spacial score (nSPS) is 10.5. The van der Waals surface area contributed by atoms with E-state index in [1.165, 1.54) is 5.56 Å². The highest BCUT2D eigenvalue weighted by Crippen LogP contribution is 2.26. The minimum atomic E-state index is 0.691. The summed E-state index contributed by atoms with van der Waals surface area (Å²) < 4.78 is 0. The largest absolute Gasteiger partial charge is 0.373 e. The smallest absolute Gasteiger partial charge is 0.126 e. The summed E-state index contributed by atoms with van der Waals surface area (Å²) in [6.45, 7) is 4.08. The fourth-order valence-corrected chi connectivity index (χ4v) is 2.98. The Balaban J connectivity index is 2.13. The summed E-state index contributed by atoms with van der Waals surface area (Å²) in [5.41, 5.74) is 3.13. The Bertz CT molecular complexity index is 567. The van der Waals surface area contributed by atoms with Crippen molar-refractivity contribution in [3.05, 3.63) is 46.2 Å². The molecule has 0 fully saturated rings. The third-order valence-corrected chi connectivity index (χ3v) is 3.87. The molecule has 0 spiro atoms. The van der Waals surface area contributed by atoms with Gasteiger partial charge in [-0.1, -0.05) is 23.4 Å². The highest BCUT2D eigenvalue weighted by atomic mass is 35.5. The molecule has 1 N–H and O–H groups in total. The maximum atomic E-state index is 6.16. The van der Waals surface area contributed by atoms with Gasteiger partial charge in [0.2, 0.25) is 0 Å². The molecule has 0 saturated heterocycles. The number of pyridine rings is 2. The van der Waals surface area contributed by atoms with Crippen LogP contribution in [0.4, 0.5) is 5.82 Å². The summed E-state index contributed by atoms with van der Waals surface area (Å²) in [7, 11) is 1.85. The number of anilines is 1. The molecule has 0 aliphatic rings. The molecule has 2 aromatic rings. The number of rotatable bonds is 4. The molecule has 2 rings (SSSR count). The Morgan fingerprint density at radius 1 is 1.21 bits per heavy atom. The van der Waals surface area contributed by atoms with E-state index in [0.717, 1.165) is 22.2 Å². The highest BCUT2D eigenvalue weighted by Gasteiger charge is 2.06. The van der Waals surface area contributed by atoms with Gasteiger partial charge < -0.3 is 5.32 Å². The Morgan fingerprint density at radius 3 is 2.68 bits per heavy atom. The van der Waals surface area contributed by atoms with Crippen LogP contribution in [0.3, 0.4) is 0 Å². The fourth-order valence-electron chi connectivity index (χ4n) is 1.75. The Labute approximate surface area is 122 Å². The molecule has 100 valence electrons. The van der Waals surface area contributed by atoms with Crippen LogP contribution >= 0.6 is 23.4 Å². The SMILES string of the molecule is CNc1ccc(Cl)c(CSc2cc(C)cc(C)n2)n1. The zero-order valence-corrected chi connectivity index (χ0v) is 12.8. The van der Waals surface area contributed by atoms with Crippen molar-refractivity contribution in [1.29, 1.82) is 0 Å². The average molecular weight is 294 g/mol. The predicted octanol–water partition coefficient (Wildman–Crippen LogP) is 4.08.